The Morgan fingerprint density at radius 2 is 1.74 bits per heavy atom. The molecule has 1 aliphatic carbocycles. The number of methoxy groups -OCH3 is 1. The monoisotopic (exact) mass is 771 g/mol. The minimum atomic E-state index is -3.88. The number of nitrogens with one attached hydrogen (secondary N) is 1. The summed E-state index contributed by atoms with van der Waals surface area (Å²) in [6, 6.07) is 10.6. The number of carbonyl (C=O) groups is 2. The number of likely N-dealkylation sites (tertiary alicyclic amines) is 3. The predicted molar refractivity (Wildman–Crippen MR) is 200 cm³/mol. The molecule has 0 unspecified atom stereocenters. The summed E-state index contributed by atoms with van der Waals surface area (Å²) in [7, 11) is -2.51. The number of piperidine rings is 1. The van der Waals surface area contributed by atoms with Gasteiger partial charge in [-0.3, -0.25) is 9.69 Å². The van der Waals surface area contributed by atoms with Crippen LogP contribution in [0.3, 0.4) is 0 Å². The second-order valence-electron chi connectivity index (χ2n) is 16.1. The van der Waals surface area contributed by atoms with Crippen molar-refractivity contribution in [3.63, 3.8) is 0 Å². The summed E-state index contributed by atoms with van der Waals surface area (Å²) in [5.74, 6) is -1.09. The molecule has 14 heteroatoms. The SMILES string of the molecule is C=CC(=O)N1CC[C@H](S(=O)(=O)c2ccc(N3CC(F)(CN4CCC([C@@](CN5CCC5)(c5cccc(F)c5)[C@H]5CCC[C@@H]5NC(=O)OC)CC4)C3)c(F)c2)C1. The lowest BCUT2D eigenvalue weighted by Crippen LogP contribution is -2.65. The molecule has 0 radical (unpaired) electrons. The quantitative estimate of drug-likeness (QED) is 0.304. The van der Waals surface area contributed by atoms with Gasteiger partial charge in [-0.15, -0.1) is 0 Å². The van der Waals surface area contributed by atoms with Gasteiger partial charge in [-0.05, 0) is 119 Å². The second kappa shape index (κ2) is 15.5. The molecule has 2 aromatic rings. The minimum Gasteiger partial charge on any atom is -0.453 e. The molecule has 5 fully saturated rings. The first kappa shape index (κ1) is 38.6. The van der Waals surface area contributed by atoms with Gasteiger partial charge >= 0.3 is 6.09 Å². The largest absolute Gasteiger partial charge is 0.453 e. The zero-order chi connectivity index (χ0) is 38.3. The number of benzene rings is 2. The molecule has 54 heavy (non-hydrogen) atoms. The molecule has 2 aromatic carbocycles. The Kier molecular flexibility index (Phi) is 11.1. The molecule has 4 saturated heterocycles. The maximum atomic E-state index is 16.2. The molecular formula is C40H52F3N5O5S. The van der Waals surface area contributed by atoms with Gasteiger partial charge in [0.15, 0.2) is 15.5 Å². The number of sulfone groups is 1. The van der Waals surface area contributed by atoms with Gasteiger partial charge in [0.05, 0.1) is 36.0 Å². The van der Waals surface area contributed by atoms with Crippen LogP contribution in [-0.2, 0) is 24.8 Å². The average Bonchev–Trinajstić information content (AvgIpc) is 3.82. The molecule has 4 aliphatic heterocycles. The lowest BCUT2D eigenvalue weighted by Gasteiger charge is -2.54. The maximum Gasteiger partial charge on any atom is 0.407 e. The van der Waals surface area contributed by atoms with Crippen LogP contribution in [0.4, 0.5) is 23.7 Å². The first-order valence-corrected chi connectivity index (χ1v) is 20.8. The van der Waals surface area contributed by atoms with Crippen LogP contribution in [0, 0.1) is 23.5 Å². The third-order valence-electron chi connectivity index (χ3n) is 12.9. The Labute approximate surface area is 316 Å². The highest BCUT2D eigenvalue weighted by Gasteiger charge is 2.54. The zero-order valence-corrected chi connectivity index (χ0v) is 31.8. The number of rotatable bonds is 12. The normalized spacial score (nSPS) is 26.1. The number of carbonyl (C=O) groups excluding carboxylic acids is 2. The van der Waals surface area contributed by atoms with E-state index in [0.717, 1.165) is 75.9 Å². The van der Waals surface area contributed by atoms with E-state index < -0.39 is 38.1 Å². The van der Waals surface area contributed by atoms with Gasteiger partial charge < -0.3 is 24.8 Å². The molecule has 0 spiro atoms. The molecule has 7 rings (SSSR count). The first-order chi connectivity index (χ1) is 25.8. The van der Waals surface area contributed by atoms with Crippen molar-refractivity contribution in [3.05, 3.63) is 72.3 Å². The molecule has 4 heterocycles. The van der Waals surface area contributed by atoms with Gasteiger partial charge in [-0.25, -0.2) is 26.4 Å². The van der Waals surface area contributed by atoms with E-state index in [0.29, 0.717) is 19.6 Å². The first-order valence-electron chi connectivity index (χ1n) is 19.3. The molecule has 2 amide bonds. The molecule has 10 nitrogen and oxygen atoms in total. The Balaban J connectivity index is 1.02. The number of anilines is 1. The topological polar surface area (TPSA) is 103 Å². The number of hydrogen-bond acceptors (Lipinski definition) is 8. The fraction of sp³-hybridized carbons (Fsp3) is 0.600. The lowest BCUT2D eigenvalue weighted by molar-refractivity contribution is -0.124. The van der Waals surface area contributed by atoms with Crippen molar-refractivity contribution < 1.29 is 35.9 Å². The van der Waals surface area contributed by atoms with Crippen molar-refractivity contribution >= 4 is 27.5 Å². The van der Waals surface area contributed by atoms with Gasteiger partial charge in [0.25, 0.3) is 0 Å². The van der Waals surface area contributed by atoms with E-state index in [1.54, 1.807) is 17.0 Å². The molecular weight excluding hydrogens is 720 g/mol. The van der Waals surface area contributed by atoms with Crippen molar-refractivity contribution in [2.24, 2.45) is 11.8 Å². The van der Waals surface area contributed by atoms with Crippen molar-refractivity contribution in [3.8, 4) is 0 Å². The zero-order valence-electron chi connectivity index (χ0n) is 31.0. The third-order valence-corrected chi connectivity index (χ3v) is 15.1. The van der Waals surface area contributed by atoms with Crippen LogP contribution in [0.5, 0.6) is 0 Å². The van der Waals surface area contributed by atoms with E-state index in [-0.39, 0.29) is 72.8 Å². The van der Waals surface area contributed by atoms with Crippen LogP contribution in [0.1, 0.15) is 50.5 Å². The molecule has 1 saturated carbocycles. The minimum absolute atomic E-state index is 0.0116. The number of nitrogens with zero attached hydrogens (tertiary/aromatic N) is 4. The highest BCUT2D eigenvalue weighted by molar-refractivity contribution is 7.92. The van der Waals surface area contributed by atoms with E-state index in [2.05, 4.69) is 21.7 Å². The maximum absolute atomic E-state index is 16.2. The Hall–Kier alpha value is -3.62. The number of alkyl halides is 1. The van der Waals surface area contributed by atoms with E-state index in [1.807, 2.05) is 6.07 Å². The number of amides is 2. The summed E-state index contributed by atoms with van der Waals surface area (Å²) < 4.78 is 78.2. The number of ether oxygens (including phenoxy) is 1. The smallest absolute Gasteiger partial charge is 0.407 e. The van der Waals surface area contributed by atoms with Crippen LogP contribution in [0.2, 0.25) is 0 Å². The molecule has 0 bridgehead atoms. The Morgan fingerprint density at radius 3 is 2.39 bits per heavy atom. The van der Waals surface area contributed by atoms with Crippen molar-refractivity contribution in [1.29, 1.82) is 0 Å². The van der Waals surface area contributed by atoms with E-state index in [4.69, 9.17) is 4.74 Å². The highest BCUT2D eigenvalue weighted by Crippen LogP contribution is 2.52. The fourth-order valence-electron chi connectivity index (χ4n) is 10.1. The van der Waals surface area contributed by atoms with E-state index in [9.17, 15) is 22.4 Å². The Morgan fingerprint density at radius 1 is 0.981 bits per heavy atom. The molecule has 0 aromatic heterocycles. The standard InChI is InChI=1S/C40H52F3N5O5S/c1-3-37(49)47-20-15-32(23-47)54(51,52)31-11-12-36(34(42)22-31)48-25-39(43,26-48)24-46-18-13-28(14-19-46)40(27-45-16-6-17-45,29-7-4-8-30(41)21-29)33-9-5-10-35(33)44-38(50)53-2/h3-4,7-8,11-12,21-22,28,32-33,35H,1,5-6,9-10,13-20,23-27H2,2H3,(H,44,50)/t32-,33-,35-,40-/m0/s1. The van der Waals surface area contributed by atoms with Crippen LogP contribution >= 0.6 is 0 Å². The summed E-state index contributed by atoms with van der Waals surface area (Å²) in [4.78, 5) is 31.9. The fourth-order valence-corrected chi connectivity index (χ4v) is 11.8. The predicted octanol–water partition coefficient (Wildman–Crippen LogP) is 4.93. The van der Waals surface area contributed by atoms with Gasteiger partial charge in [0.1, 0.15) is 11.6 Å². The molecule has 5 aliphatic rings. The molecule has 4 atom stereocenters. The van der Waals surface area contributed by atoms with Crippen molar-refractivity contribution in [2.45, 2.75) is 72.2 Å². The summed E-state index contributed by atoms with van der Waals surface area (Å²) in [5, 5.41) is 2.28. The summed E-state index contributed by atoms with van der Waals surface area (Å²) in [6.07, 6.45) is 6.33. The average molecular weight is 772 g/mol. The van der Waals surface area contributed by atoms with Gasteiger partial charge in [-0.2, -0.15) is 0 Å². The van der Waals surface area contributed by atoms with Crippen LogP contribution in [0.15, 0.2) is 60.0 Å². The van der Waals surface area contributed by atoms with E-state index >= 15 is 8.78 Å². The molecule has 1 N–H and O–H groups in total. The summed E-state index contributed by atoms with van der Waals surface area (Å²) in [5.41, 5.74) is -0.863. The van der Waals surface area contributed by atoms with Crippen molar-refractivity contribution in [2.75, 3.05) is 77.5 Å². The summed E-state index contributed by atoms with van der Waals surface area (Å²) >= 11 is 0. The van der Waals surface area contributed by atoms with Gasteiger partial charge in [0.2, 0.25) is 5.91 Å². The van der Waals surface area contributed by atoms with Crippen LogP contribution in [0.25, 0.3) is 0 Å². The van der Waals surface area contributed by atoms with Crippen LogP contribution < -0.4 is 10.2 Å². The second-order valence-corrected chi connectivity index (χ2v) is 18.3. The van der Waals surface area contributed by atoms with Crippen LogP contribution in [-0.4, -0.2) is 125 Å². The number of hydrogen-bond donors (Lipinski definition) is 1. The lowest BCUT2D eigenvalue weighted by atomic mass is 9.57. The van der Waals surface area contributed by atoms with E-state index in [1.165, 1.54) is 30.2 Å². The molecule has 294 valence electrons. The van der Waals surface area contributed by atoms with Crippen molar-refractivity contribution in [1.82, 2.24) is 20.0 Å². The summed E-state index contributed by atoms with van der Waals surface area (Å²) in [6.45, 7) is 8.01. The van der Waals surface area contributed by atoms with Gasteiger partial charge in [0, 0.05) is 37.6 Å². The number of halogens is 3. The van der Waals surface area contributed by atoms with Gasteiger partial charge in [-0.1, -0.05) is 25.1 Å². The Bertz CT molecular complexity index is 1830. The highest BCUT2D eigenvalue weighted by atomic mass is 32.2. The number of alkyl carbamates (subject to hydrolysis) is 1. The third kappa shape index (κ3) is 7.49.